The van der Waals surface area contributed by atoms with E-state index >= 15 is 0 Å². The third kappa shape index (κ3) is 4.08. The van der Waals surface area contributed by atoms with Crippen LogP contribution in [0.2, 0.25) is 5.02 Å². The Hall–Kier alpha value is -2.31. The third-order valence-electron chi connectivity index (χ3n) is 3.96. The number of halogens is 1. The zero-order valence-corrected chi connectivity index (χ0v) is 16.0. The second-order valence-electron chi connectivity index (χ2n) is 5.92. The number of carbonyl (C=O) groups is 1. The molecule has 0 unspecified atom stereocenters. The van der Waals surface area contributed by atoms with Gasteiger partial charge in [-0.1, -0.05) is 23.7 Å². The van der Waals surface area contributed by atoms with Gasteiger partial charge in [0.1, 0.15) is 5.65 Å². The van der Waals surface area contributed by atoms with Crippen LogP contribution < -0.4 is 10.9 Å². The lowest BCUT2D eigenvalue weighted by Gasteiger charge is -2.09. The van der Waals surface area contributed by atoms with Crippen molar-refractivity contribution in [3.63, 3.8) is 0 Å². The van der Waals surface area contributed by atoms with Crippen LogP contribution in [0.5, 0.6) is 0 Å². The minimum Gasteiger partial charge on any atom is -0.325 e. The van der Waals surface area contributed by atoms with Crippen LogP contribution in [0.15, 0.2) is 47.4 Å². The number of carbonyl (C=O) groups excluding carboxylic acids is 1. The largest absolute Gasteiger partial charge is 0.325 e. The van der Waals surface area contributed by atoms with Crippen LogP contribution >= 0.6 is 23.4 Å². The number of rotatable bonds is 5. The topological polar surface area (TPSA) is 63.5 Å². The molecule has 3 aromatic rings. The van der Waals surface area contributed by atoms with Gasteiger partial charge in [0.15, 0.2) is 0 Å². The maximum absolute atomic E-state index is 12.2. The predicted octanol–water partition coefficient (Wildman–Crippen LogP) is 3.84. The fraction of sp³-hybridized carbons (Fsp3) is 0.211. The first-order valence-electron chi connectivity index (χ1n) is 8.06. The van der Waals surface area contributed by atoms with Crippen molar-refractivity contribution in [2.45, 2.75) is 19.6 Å². The first-order valence-corrected chi connectivity index (χ1v) is 9.59. The molecule has 0 aliphatic heterocycles. The molecule has 5 nitrogen and oxygen atoms in total. The molecule has 26 heavy (non-hydrogen) atoms. The minimum atomic E-state index is -0.117. The van der Waals surface area contributed by atoms with Crippen LogP contribution in [-0.4, -0.2) is 21.0 Å². The quantitative estimate of drug-likeness (QED) is 0.722. The minimum absolute atomic E-state index is 0.117. The Morgan fingerprint density at radius 1 is 1.27 bits per heavy atom. The number of aryl methyl sites for hydroxylation is 1. The number of hydrogen-bond acceptors (Lipinski definition) is 4. The van der Waals surface area contributed by atoms with Gasteiger partial charge in [-0.05, 0) is 43.2 Å². The number of anilines is 1. The van der Waals surface area contributed by atoms with E-state index in [0.29, 0.717) is 27.8 Å². The van der Waals surface area contributed by atoms with Gasteiger partial charge in [0.05, 0.1) is 11.4 Å². The summed E-state index contributed by atoms with van der Waals surface area (Å²) in [4.78, 5) is 28.9. The monoisotopic (exact) mass is 387 g/mol. The van der Waals surface area contributed by atoms with Gasteiger partial charge in [-0.2, -0.15) is 0 Å². The SMILES string of the molecule is Cc1c(Cl)cccc1NC(=O)CSCc1cc(=O)n2cccc(C)c2n1. The number of hydrogen-bond donors (Lipinski definition) is 1. The molecule has 1 N–H and O–H groups in total. The number of nitrogens with one attached hydrogen (secondary N) is 1. The van der Waals surface area contributed by atoms with Gasteiger partial charge in [-0.25, -0.2) is 4.98 Å². The summed E-state index contributed by atoms with van der Waals surface area (Å²) >= 11 is 7.47. The molecule has 0 bridgehead atoms. The molecule has 2 aromatic heterocycles. The van der Waals surface area contributed by atoms with E-state index in [9.17, 15) is 9.59 Å². The number of fused-ring (bicyclic) bond motifs is 1. The highest BCUT2D eigenvalue weighted by molar-refractivity contribution is 7.99. The molecule has 1 amide bonds. The van der Waals surface area contributed by atoms with Gasteiger partial charge >= 0.3 is 0 Å². The summed E-state index contributed by atoms with van der Waals surface area (Å²) in [6.45, 7) is 3.78. The predicted molar refractivity (Wildman–Crippen MR) is 107 cm³/mol. The molecule has 0 saturated carbocycles. The van der Waals surface area contributed by atoms with Gasteiger partial charge in [-0.3, -0.25) is 14.0 Å². The van der Waals surface area contributed by atoms with E-state index in [2.05, 4.69) is 10.3 Å². The highest BCUT2D eigenvalue weighted by Crippen LogP contribution is 2.23. The Bertz CT molecular complexity index is 1030. The van der Waals surface area contributed by atoms with Crippen LogP contribution in [0, 0.1) is 13.8 Å². The summed E-state index contributed by atoms with van der Waals surface area (Å²) < 4.78 is 1.53. The van der Waals surface area contributed by atoms with Crippen LogP contribution in [0.25, 0.3) is 5.65 Å². The number of nitrogens with zero attached hydrogens (tertiary/aromatic N) is 2. The van der Waals surface area contributed by atoms with Gasteiger partial charge in [0.25, 0.3) is 5.56 Å². The molecule has 7 heteroatoms. The van der Waals surface area contributed by atoms with Crippen molar-refractivity contribution in [1.82, 2.24) is 9.38 Å². The maximum atomic E-state index is 12.2. The normalized spacial score (nSPS) is 10.9. The van der Waals surface area contributed by atoms with Crippen molar-refractivity contribution in [1.29, 1.82) is 0 Å². The van der Waals surface area contributed by atoms with Crippen LogP contribution in [0.1, 0.15) is 16.8 Å². The zero-order chi connectivity index (χ0) is 18.7. The van der Waals surface area contributed by atoms with Crippen molar-refractivity contribution in [3.8, 4) is 0 Å². The summed E-state index contributed by atoms with van der Waals surface area (Å²) in [5, 5.41) is 3.47. The Morgan fingerprint density at radius 3 is 2.88 bits per heavy atom. The van der Waals surface area contributed by atoms with E-state index in [1.807, 2.05) is 32.0 Å². The first kappa shape index (κ1) is 18.5. The third-order valence-corrected chi connectivity index (χ3v) is 5.34. The van der Waals surface area contributed by atoms with Gasteiger partial charge in [-0.15, -0.1) is 11.8 Å². The Kier molecular flexibility index (Phi) is 5.64. The Labute approximate surface area is 160 Å². The van der Waals surface area contributed by atoms with Crippen molar-refractivity contribution >= 4 is 40.6 Å². The lowest BCUT2D eigenvalue weighted by Crippen LogP contribution is -2.17. The van der Waals surface area contributed by atoms with E-state index < -0.39 is 0 Å². The van der Waals surface area contributed by atoms with Crippen molar-refractivity contribution in [2.75, 3.05) is 11.1 Å². The fourth-order valence-corrected chi connectivity index (χ4v) is 3.45. The van der Waals surface area contributed by atoms with Crippen molar-refractivity contribution in [3.05, 3.63) is 74.8 Å². The molecule has 0 saturated heterocycles. The summed E-state index contributed by atoms with van der Waals surface area (Å²) in [7, 11) is 0. The molecular formula is C19H18ClN3O2S. The molecular weight excluding hydrogens is 370 g/mol. The molecule has 0 fully saturated rings. The summed E-state index contributed by atoms with van der Waals surface area (Å²) in [6.07, 6.45) is 1.70. The second-order valence-corrected chi connectivity index (χ2v) is 7.32. The first-order chi connectivity index (χ1) is 12.5. The Balaban J connectivity index is 1.64. The summed E-state index contributed by atoms with van der Waals surface area (Å²) in [5.41, 5.74) is 3.68. The molecule has 0 aliphatic carbocycles. The van der Waals surface area contributed by atoms with E-state index in [4.69, 9.17) is 11.6 Å². The number of benzene rings is 1. The molecule has 3 rings (SSSR count). The highest BCUT2D eigenvalue weighted by atomic mass is 35.5. The van der Waals surface area contributed by atoms with Crippen molar-refractivity contribution < 1.29 is 4.79 Å². The van der Waals surface area contributed by atoms with Crippen LogP contribution in [-0.2, 0) is 10.5 Å². The van der Waals surface area contributed by atoms with Crippen LogP contribution in [0.4, 0.5) is 5.69 Å². The van der Waals surface area contributed by atoms with Gasteiger partial charge in [0.2, 0.25) is 5.91 Å². The second kappa shape index (κ2) is 7.93. The number of amides is 1. The lowest BCUT2D eigenvalue weighted by atomic mass is 10.2. The standard InChI is InChI=1S/C19H18ClN3O2S/c1-12-5-4-8-23-18(25)9-14(21-19(12)23)10-26-11-17(24)22-16-7-3-6-15(20)13(16)2/h3-9H,10-11H2,1-2H3,(H,22,24). The van der Waals surface area contributed by atoms with Gasteiger partial charge in [0, 0.05) is 28.7 Å². The van der Waals surface area contributed by atoms with Gasteiger partial charge < -0.3 is 5.32 Å². The maximum Gasteiger partial charge on any atom is 0.258 e. The zero-order valence-electron chi connectivity index (χ0n) is 14.5. The molecule has 0 spiro atoms. The average Bonchev–Trinajstić information content (AvgIpc) is 2.60. The molecule has 1 aromatic carbocycles. The Morgan fingerprint density at radius 2 is 2.08 bits per heavy atom. The van der Waals surface area contributed by atoms with E-state index in [1.165, 1.54) is 22.2 Å². The van der Waals surface area contributed by atoms with E-state index in [1.54, 1.807) is 18.3 Å². The molecule has 2 heterocycles. The average molecular weight is 388 g/mol. The fourth-order valence-electron chi connectivity index (χ4n) is 2.56. The van der Waals surface area contributed by atoms with Crippen LogP contribution in [0.3, 0.4) is 0 Å². The highest BCUT2D eigenvalue weighted by Gasteiger charge is 2.09. The number of aromatic nitrogens is 2. The lowest BCUT2D eigenvalue weighted by molar-refractivity contribution is -0.113. The summed E-state index contributed by atoms with van der Waals surface area (Å²) in [6, 6.07) is 10.7. The molecule has 134 valence electrons. The number of thioether (sulfide) groups is 1. The molecule has 0 aliphatic rings. The summed E-state index contributed by atoms with van der Waals surface area (Å²) in [5.74, 6) is 0.636. The number of pyridine rings is 1. The van der Waals surface area contributed by atoms with E-state index in [-0.39, 0.29) is 17.2 Å². The van der Waals surface area contributed by atoms with Crippen molar-refractivity contribution in [2.24, 2.45) is 0 Å². The molecule has 0 atom stereocenters. The van der Waals surface area contributed by atoms with E-state index in [0.717, 1.165) is 11.1 Å². The smallest absolute Gasteiger partial charge is 0.258 e. The molecule has 0 radical (unpaired) electrons.